The monoisotopic (exact) mass is 286 g/mol. The van der Waals surface area contributed by atoms with E-state index in [1.54, 1.807) is 7.05 Å². The summed E-state index contributed by atoms with van der Waals surface area (Å²) >= 11 is 0. The first-order chi connectivity index (χ1) is 9.32. The number of hydrogen-bond acceptors (Lipinski definition) is 3. The lowest BCUT2D eigenvalue weighted by molar-refractivity contribution is -0.140. The van der Waals surface area contributed by atoms with Crippen LogP contribution < -0.4 is 0 Å². The van der Waals surface area contributed by atoms with Crippen molar-refractivity contribution in [1.82, 2.24) is 9.80 Å². The fourth-order valence-electron chi connectivity index (χ4n) is 2.75. The standard InChI is InChI=1S/C13H22N2O5/c1-9-5-3-4-6-10(9)14(2)13(20)15(7-11(16)17)8-12(18)19/h9-10H,3-8H2,1-2H3,(H,16,17)(H,18,19). The van der Waals surface area contributed by atoms with Crippen LogP contribution in [-0.4, -0.2) is 64.2 Å². The van der Waals surface area contributed by atoms with E-state index in [-0.39, 0.29) is 6.04 Å². The van der Waals surface area contributed by atoms with Crippen LogP contribution in [-0.2, 0) is 9.59 Å². The summed E-state index contributed by atoms with van der Waals surface area (Å²) in [6, 6.07) is -0.491. The number of urea groups is 1. The lowest BCUT2D eigenvalue weighted by atomic mass is 9.85. The first-order valence-corrected chi connectivity index (χ1v) is 6.78. The van der Waals surface area contributed by atoms with Crippen LogP contribution in [0.2, 0.25) is 0 Å². The van der Waals surface area contributed by atoms with Gasteiger partial charge in [0.25, 0.3) is 0 Å². The van der Waals surface area contributed by atoms with Gasteiger partial charge in [0.15, 0.2) is 0 Å². The minimum atomic E-state index is -1.22. The van der Waals surface area contributed by atoms with Gasteiger partial charge >= 0.3 is 18.0 Å². The van der Waals surface area contributed by atoms with Crippen LogP contribution in [0.3, 0.4) is 0 Å². The summed E-state index contributed by atoms with van der Waals surface area (Å²) in [5.41, 5.74) is 0. The van der Waals surface area contributed by atoms with Crippen molar-refractivity contribution in [3.63, 3.8) is 0 Å². The normalized spacial score (nSPS) is 22.1. The number of nitrogens with zero attached hydrogens (tertiary/aromatic N) is 2. The number of carboxylic acid groups (broad SMARTS) is 2. The van der Waals surface area contributed by atoms with Gasteiger partial charge in [0.1, 0.15) is 13.1 Å². The van der Waals surface area contributed by atoms with E-state index in [4.69, 9.17) is 10.2 Å². The molecule has 2 atom stereocenters. The first kappa shape index (κ1) is 16.3. The van der Waals surface area contributed by atoms with Crippen molar-refractivity contribution < 1.29 is 24.6 Å². The van der Waals surface area contributed by atoms with Gasteiger partial charge in [0.05, 0.1) is 0 Å². The molecule has 0 aliphatic heterocycles. The van der Waals surface area contributed by atoms with Crippen molar-refractivity contribution >= 4 is 18.0 Å². The van der Waals surface area contributed by atoms with Crippen molar-refractivity contribution in [2.45, 2.75) is 38.6 Å². The van der Waals surface area contributed by atoms with Gasteiger partial charge in [-0.3, -0.25) is 9.59 Å². The van der Waals surface area contributed by atoms with E-state index in [0.717, 1.165) is 30.6 Å². The van der Waals surface area contributed by atoms with E-state index in [9.17, 15) is 14.4 Å². The number of carboxylic acids is 2. The van der Waals surface area contributed by atoms with Gasteiger partial charge in [-0.15, -0.1) is 0 Å². The Morgan fingerprint density at radius 1 is 1.05 bits per heavy atom. The average molecular weight is 286 g/mol. The van der Waals surface area contributed by atoms with E-state index < -0.39 is 31.1 Å². The summed E-state index contributed by atoms with van der Waals surface area (Å²) in [7, 11) is 1.62. The number of carbonyl (C=O) groups is 3. The minimum absolute atomic E-state index is 0.0429. The maximum Gasteiger partial charge on any atom is 0.323 e. The third kappa shape index (κ3) is 4.40. The lowest BCUT2D eigenvalue weighted by Gasteiger charge is -2.38. The third-order valence-electron chi connectivity index (χ3n) is 3.79. The molecule has 0 radical (unpaired) electrons. The molecule has 7 heteroatoms. The molecule has 2 amide bonds. The zero-order chi connectivity index (χ0) is 15.3. The Bertz CT molecular complexity index is 369. The van der Waals surface area contributed by atoms with Crippen molar-refractivity contribution in [1.29, 1.82) is 0 Å². The molecule has 1 fully saturated rings. The second kappa shape index (κ2) is 7.12. The van der Waals surface area contributed by atoms with Crippen LogP contribution in [0, 0.1) is 5.92 Å². The maximum atomic E-state index is 12.3. The summed E-state index contributed by atoms with van der Waals surface area (Å²) < 4.78 is 0. The molecule has 0 spiro atoms. The second-order valence-corrected chi connectivity index (χ2v) is 5.37. The van der Waals surface area contributed by atoms with Gasteiger partial charge in [0, 0.05) is 13.1 Å². The number of hydrogen-bond donors (Lipinski definition) is 2. The zero-order valence-corrected chi connectivity index (χ0v) is 11.9. The van der Waals surface area contributed by atoms with Crippen LogP contribution >= 0.6 is 0 Å². The predicted octanol–water partition coefficient (Wildman–Crippen LogP) is 1.09. The molecule has 20 heavy (non-hydrogen) atoms. The second-order valence-electron chi connectivity index (χ2n) is 5.37. The molecule has 114 valence electrons. The Morgan fingerprint density at radius 2 is 1.55 bits per heavy atom. The average Bonchev–Trinajstić information content (AvgIpc) is 2.35. The Labute approximate surface area is 118 Å². The van der Waals surface area contributed by atoms with Crippen LogP contribution in [0.25, 0.3) is 0 Å². The van der Waals surface area contributed by atoms with Crippen LogP contribution in [0.1, 0.15) is 32.6 Å². The predicted molar refractivity (Wildman–Crippen MR) is 71.4 cm³/mol. The number of amides is 2. The molecular formula is C13H22N2O5. The topological polar surface area (TPSA) is 98.2 Å². The molecule has 0 saturated heterocycles. The van der Waals surface area contributed by atoms with E-state index in [1.807, 2.05) is 0 Å². The van der Waals surface area contributed by atoms with E-state index in [1.165, 1.54) is 4.90 Å². The molecule has 2 unspecified atom stereocenters. The van der Waals surface area contributed by atoms with Gasteiger partial charge in [-0.2, -0.15) is 0 Å². The smallest absolute Gasteiger partial charge is 0.323 e. The Kier molecular flexibility index (Phi) is 5.79. The van der Waals surface area contributed by atoms with Crippen LogP contribution in [0.4, 0.5) is 4.79 Å². The molecule has 0 aromatic rings. The Morgan fingerprint density at radius 3 is 2.00 bits per heavy atom. The van der Waals surface area contributed by atoms with E-state index >= 15 is 0 Å². The highest BCUT2D eigenvalue weighted by atomic mass is 16.4. The number of rotatable bonds is 5. The molecule has 0 aromatic carbocycles. The fraction of sp³-hybridized carbons (Fsp3) is 0.769. The molecule has 1 aliphatic carbocycles. The van der Waals surface area contributed by atoms with E-state index in [2.05, 4.69) is 6.92 Å². The fourth-order valence-corrected chi connectivity index (χ4v) is 2.75. The maximum absolute atomic E-state index is 12.3. The Balaban J connectivity index is 2.75. The molecule has 7 nitrogen and oxygen atoms in total. The summed E-state index contributed by atoms with van der Waals surface area (Å²) in [5.74, 6) is -2.09. The Hall–Kier alpha value is -1.79. The highest BCUT2D eigenvalue weighted by Gasteiger charge is 2.31. The van der Waals surface area contributed by atoms with Gasteiger partial charge in [-0.05, 0) is 18.8 Å². The van der Waals surface area contributed by atoms with Crippen molar-refractivity contribution in [3.05, 3.63) is 0 Å². The quantitative estimate of drug-likeness (QED) is 0.788. The SMILES string of the molecule is CC1CCCCC1N(C)C(=O)N(CC(=O)O)CC(=O)O. The first-order valence-electron chi connectivity index (χ1n) is 6.78. The zero-order valence-electron chi connectivity index (χ0n) is 11.9. The highest BCUT2D eigenvalue weighted by Crippen LogP contribution is 2.27. The minimum Gasteiger partial charge on any atom is -0.480 e. The molecule has 0 aromatic heterocycles. The largest absolute Gasteiger partial charge is 0.480 e. The van der Waals surface area contributed by atoms with Gasteiger partial charge in [-0.25, -0.2) is 4.79 Å². The number of carbonyl (C=O) groups excluding carboxylic acids is 1. The molecule has 2 N–H and O–H groups in total. The van der Waals surface area contributed by atoms with Crippen molar-refractivity contribution in [3.8, 4) is 0 Å². The van der Waals surface area contributed by atoms with Crippen LogP contribution in [0.15, 0.2) is 0 Å². The summed E-state index contributed by atoms with van der Waals surface area (Å²) in [5, 5.41) is 17.6. The van der Waals surface area contributed by atoms with Crippen LogP contribution in [0.5, 0.6) is 0 Å². The van der Waals surface area contributed by atoms with Gasteiger partial charge < -0.3 is 20.0 Å². The molecular weight excluding hydrogens is 264 g/mol. The highest BCUT2D eigenvalue weighted by molar-refractivity contribution is 5.84. The van der Waals surface area contributed by atoms with Gasteiger partial charge in [0.2, 0.25) is 0 Å². The number of aliphatic carboxylic acids is 2. The third-order valence-corrected chi connectivity index (χ3v) is 3.79. The molecule has 1 aliphatic rings. The van der Waals surface area contributed by atoms with Gasteiger partial charge in [-0.1, -0.05) is 19.8 Å². The summed E-state index contributed by atoms with van der Waals surface area (Å²) in [6.45, 7) is 0.861. The van der Waals surface area contributed by atoms with Crippen molar-refractivity contribution in [2.24, 2.45) is 5.92 Å². The van der Waals surface area contributed by atoms with E-state index in [0.29, 0.717) is 5.92 Å². The lowest BCUT2D eigenvalue weighted by Crippen LogP contribution is -2.51. The molecule has 1 saturated carbocycles. The molecule has 1 rings (SSSR count). The molecule has 0 bridgehead atoms. The van der Waals surface area contributed by atoms with Crippen molar-refractivity contribution in [2.75, 3.05) is 20.1 Å². The summed E-state index contributed by atoms with van der Waals surface area (Å²) in [4.78, 5) is 36.1. The summed E-state index contributed by atoms with van der Waals surface area (Å²) in [6.07, 6.45) is 4.07. The molecule has 0 heterocycles.